The van der Waals surface area contributed by atoms with Gasteiger partial charge in [0.25, 0.3) is 0 Å². The van der Waals surface area contributed by atoms with Gasteiger partial charge in [0, 0.05) is 5.69 Å². The molecule has 2 rings (SSSR count). The summed E-state index contributed by atoms with van der Waals surface area (Å²) in [6, 6.07) is 13.4. The third-order valence-electron chi connectivity index (χ3n) is 2.66. The van der Waals surface area contributed by atoms with Gasteiger partial charge in [-0.1, -0.05) is 41.9 Å². The van der Waals surface area contributed by atoms with Gasteiger partial charge in [-0.25, -0.2) is 9.59 Å². The number of carbonyl (C=O) groups is 2. The van der Waals surface area contributed by atoms with Gasteiger partial charge in [-0.15, -0.1) is 0 Å². The molecule has 0 aliphatic rings. The fraction of sp³-hybridized carbons (Fsp3) is 0.0667. The molecule has 0 saturated heterocycles. The van der Waals surface area contributed by atoms with E-state index >= 15 is 0 Å². The Labute approximate surface area is 126 Å². The first kappa shape index (κ1) is 14.9. The van der Waals surface area contributed by atoms with E-state index in [1.54, 1.807) is 0 Å². The number of ether oxygens (including phenoxy) is 1. The van der Waals surface area contributed by atoms with Crippen molar-refractivity contribution in [2.24, 2.45) is 0 Å². The van der Waals surface area contributed by atoms with Gasteiger partial charge in [0.2, 0.25) is 0 Å². The number of aromatic carboxylic acids is 1. The summed E-state index contributed by atoms with van der Waals surface area (Å²) in [5.74, 6) is -1.13. The van der Waals surface area contributed by atoms with E-state index in [4.69, 9.17) is 21.4 Å². The molecule has 0 spiro atoms. The number of carbonyl (C=O) groups excluding carboxylic acids is 1. The van der Waals surface area contributed by atoms with Gasteiger partial charge in [0.15, 0.2) is 0 Å². The summed E-state index contributed by atoms with van der Waals surface area (Å²) in [6.45, 7) is 0.146. The fourth-order valence-corrected chi connectivity index (χ4v) is 1.90. The maximum Gasteiger partial charge on any atom is 0.411 e. The van der Waals surface area contributed by atoms with E-state index in [9.17, 15) is 9.59 Å². The lowest BCUT2D eigenvalue weighted by Gasteiger charge is -2.08. The van der Waals surface area contributed by atoms with Gasteiger partial charge in [0.05, 0.1) is 10.6 Å². The van der Waals surface area contributed by atoms with Crippen LogP contribution < -0.4 is 5.32 Å². The maximum atomic E-state index is 11.6. The molecule has 1 amide bonds. The number of carboxylic acid groups (broad SMARTS) is 1. The van der Waals surface area contributed by atoms with E-state index in [0.717, 1.165) is 5.56 Å². The average molecular weight is 306 g/mol. The molecule has 0 unspecified atom stereocenters. The van der Waals surface area contributed by atoms with Gasteiger partial charge in [-0.3, -0.25) is 5.32 Å². The van der Waals surface area contributed by atoms with Gasteiger partial charge in [-0.05, 0) is 23.8 Å². The Kier molecular flexibility index (Phi) is 4.79. The minimum atomic E-state index is -1.13. The number of hydrogen-bond acceptors (Lipinski definition) is 3. The Morgan fingerprint density at radius 1 is 1.14 bits per heavy atom. The van der Waals surface area contributed by atoms with Crippen LogP contribution in [0.2, 0.25) is 5.02 Å². The maximum absolute atomic E-state index is 11.6. The standard InChI is InChI=1S/C15H12ClNO4/c16-13-8-11(6-7-12(13)14(18)19)17-15(20)21-9-10-4-2-1-3-5-10/h1-8H,9H2,(H,17,20)(H,18,19). The first-order valence-corrected chi connectivity index (χ1v) is 6.44. The fourth-order valence-electron chi connectivity index (χ4n) is 1.64. The summed E-state index contributed by atoms with van der Waals surface area (Å²) in [7, 11) is 0. The van der Waals surface area contributed by atoms with Crippen molar-refractivity contribution in [2.75, 3.05) is 5.32 Å². The lowest BCUT2D eigenvalue weighted by atomic mass is 10.2. The summed E-state index contributed by atoms with van der Waals surface area (Å²) in [5.41, 5.74) is 1.20. The van der Waals surface area contributed by atoms with Crippen molar-refractivity contribution in [1.82, 2.24) is 0 Å². The predicted octanol–water partition coefficient (Wildman–Crippen LogP) is 3.79. The van der Waals surface area contributed by atoms with Gasteiger partial charge in [0.1, 0.15) is 6.61 Å². The highest BCUT2D eigenvalue weighted by Crippen LogP contribution is 2.21. The predicted molar refractivity (Wildman–Crippen MR) is 78.7 cm³/mol. The molecule has 6 heteroatoms. The molecule has 2 aromatic carbocycles. The second kappa shape index (κ2) is 6.76. The molecule has 0 saturated carbocycles. The summed E-state index contributed by atoms with van der Waals surface area (Å²) in [4.78, 5) is 22.4. The van der Waals surface area contributed by atoms with Crippen LogP contribution in [0.3, 0.4) is 0 Å². The first-order chi connectivity index (χ1) is 10.1. The van der Waals surface area contributed by atoms with E-state index < -0.39 is 12.1 Å². The van der Waals surface area contributed by atoms with Gasteiger partial charge >= 0.3 is 12.1 Å². The minimum Gasteiger partial charge on any atom is -0.478 e. The summed E-state index contributed by atoms with van der Waals surface area (Å²) >= 11 is 5.81. The smallest absolute Gasteiger partial charge is 0.411 e. The van der Waals surface area contributed by atoms with Crippen LogP contribution in [0, 0.1) is 0 Å². The molecule has 0 aliphatic carbocycles. The molecule has 0 atom stereocenters. The highest BCUT2D eigenvalue weighted by atomic mass is 35.5. The summed E-state index contributed by atoms with van der Waals surface area (Å²) in [6.07, 6.45) is -0.641. The molecule has 0 radical (unpaired) electrons. The van der Waals surface area contributed by atoms with Crippen molar-refractivity contribution in [3.05, 3.63) is 64.7 Å². The normalized spacial score (nSPS) is 9.95. The summed E-state index contributed by atoms with van der Waals surface area (Å²) < 4.78 is 5.04. The number of anilines is 1. The molecule has 0 heterocycles. The average Bonchev–Trinajstić information content (AvgIpc) is 2.46. The minimum absolute atomic E-state index is 0.0279. The molecule has 0 aliphatic heterocycles. The van der Waals surface area contributed by atoms with E-state index in [2.05, 4.69) is 5.32 Å². The van der Waals surface area contributed by atoms with Crippen molar-refractivity contribution in [2.45, 2.75) is 6.61 Å². The molecule has 0 aromatic heterocycles. The molecule has 2 aromatic rings. The van der Waals surface area contributed by atoms with Crippen molar-refractivity contribution in [3.63, 3.8) is 0 Å². The van der Waals surface area contributed by atoms with E-state index in [0.29, 0.717) is 5.69 Å². The zero-order chi connectivity index (χ0) is 15.2. The molecular weight excluding hydrogens is 294 g/mol. The topological polar surface area (TPSA) is 75.6 Å². The quantitative estimate of drug-likeness (QED) is 0.901. The van der Waals surface area contributed by atoms with Crippen molar-refractivity contribution < 1.29 is 19.4 Å². The number of halogens is 1. The molecule has 5 nitrogen and oxygen atoms in total. The Hall–Kier alpha value is -2.53. The Morgan fingerprint density at radius 2 is 1.86 bits per heavy atom. The van der Waals surface area contributed by atoms with E-state index in [-0.39, 0.29) is 17.2 Å². The monoisotopic (exact) mass is 305 g/mol. The van der Waals surface area contributed by atoms with Crippen LogP contribution in [0.4, 0.5) is 10.5 Å². The number of rotatable bonds is 4. The van der Waals surface area contributed by atoms with Crippen LogP contribution in [0.25, 0.3) is 0 Å². The van der Waals surface area contributed by atoms with Gasteiger partial charge in [-0.2, -0.15) is 0 Å². The molecular formula is C15H12ClNO4. The van der Waals surface area contributed by atoms with Crippen LogP contribution in [0.15, 0.2) is 48.5 Å². The molecule has 108 valence electrons. The van der Waals surface area contributed by atoms with Gasteiger partial charge < -0.3 is 9.84 Å². The zero-order valence-corrected chi connectivity index (χ0v) is 11.6. The zero-order valence-electron chi connectivity index (χ0n) is 10.9. The molecule has 2 N–H and O–H groups in total. The van der Waals surface area contributed by atoms with Crippen molar-refractivity contribution >= 4 is 29.4 Å². The van der Waals surface area contributed by atoms with Crippen LogP contribution in [-0.4, -0.2) is 17.2 Å². The highest BCUT2D eigenvalue weighted by molar-refractivity contribution is 6.33. The lowest BCUT2D eigenvalue weighted by Crippen LogP contribution is -2.13. The molecule has 0 fully saturated rings. The Morgan fingerprint density at radius 3 is 2.48 bits per heavy atom. The van der Waals surface area contributed by atoms with E-state index in [1.165, 1.54) is 18.2 Å². The molecule has 0 bridgehead atoms. The van der Waals surface area contributed by atoms with Crippen molar-refractivity contribution in [3.8, 4) is 0 Å². The Bertz CT molecular complexity index is 658. The van der Waals surface area contributed by atoms with Crippen molar-refractivity contribution in [1.29, 1.82) is 0 Å². The number of hydrogen-bond donors (Lipinski definition) is 2. The third kappa shape index (κ3) is 4.22. The van der Waals surface area contributed by atoms with Crippen LogP contribution >= 0.6 is 11.6 Å². The Balaban J connectivity index is 1.94. The number of amides is 1. The second-order valence-electron chi connectivity index (χ2n) is 4.19. The number of nitrogens with one attached hydrogen (secondary N) is 1. The third-order valence-corrected chi connectivity index (χ3v) is 2.97. The summed E-state index contributed by atoms with van der Waals surface area (Å²) in [5, 5.41) is 11.4. The van der Waals surface area contributed by atoms with Crippen LogP contribution in [-0.2, 0) is 11.3 Å². The molecule has 21 heavy (non-hydrogen) atoms. The van der Waals surface area contributed by atoms with Crippen LogP contribution in [0.5, 0.6) is 0 Å². The first-order valence-electron chi connectivity index (χ1n) is 6.07. The van der Waals surface area contributed by atoms with E-state index in [1.807, 2.05) is 30.3 Å². The highest BCUT2D eigenvalue weighted by Gasteiger charge is 2.10. The lowest BCUT2D eigenvalue weighted by molar-refractivity contribution is 0.0697. The number of carboxylic acids is 1. The van der Waals surface area contributed by atoms with Crippen LogP contribution in [0.1, 0.15) is 15.9 Å². The second-order valence-corrected chi connectivity index (χ2v) is 4.59. The number of benzene rings is 2. The SMILES string of the molecule is O=C(Nc1ccc(C(=O)O)c(Cl)c1)OCc1ccccc1. The largest absolute Gasteiger partial charge is 0.478 e.